The summed E-state index contributed by atoms with van der Waals surface area (Å²) in [5, 5.41) is 11.3. The van der Waals surface area contributed by atoms with Crippen LogP contribution in [0.3, 0.4) is 0 Å². The Morgan fingerprint density at radius 3 is 2.15 bits per heavy atom. The smallest absolute Gasteiger partial charge is 0.326 e. The number of sulfone groups is 1. The van der Waals surface area contributed by atoms with E-state index < -0.39 is 33.8 Å². The van der Waals surface area contributed by atoms with Gasteiger partial charge < -0.3 is 16.2 Å². The fourth-order valence-electron chi connectivity index (χ4n) is 1.35. The molecule has 118 valence electrons. The van der Waals surface area contributed by atoms with E-state index in [-0.39, 0.29) is 24.0 Å². The summed E-state index contributed by atoms with van der Waals surface area (Å²) in [4.78, 5) is 22.7. The first-order valence-corrected chi connectivity index (χ1v) is 8.34. The molecule has 2 atom stereocenters. The van der Waals surface area contributed by atoms with Crippen molar-refractivity contribution in [1.82, 2.24) is 5.32 Å². The van der Waals surface area contributed by atoms with Gasteiger partial charge in [0.2, 0.25) is 5.91 Å². The van der Waals surface area contributed by atoms with Gasteiger partial charge in [-0.3, -0.25) is 4.79 Å². The van der Waals surface area contributed by atoms with E-state index in [0.717, 1.165) is 6.26 Å². The Morgan fingerprint density at radius 1 is 1.30 bits per heavy atom. The number of carboxylic acids is 1. The fraction of sp³-hybridized carbons (Fsp3) is 0.833. The molecule has 0 bridgehead atoms. The molecule has 0 spiro atoms. The van der Waals surface area contributed by atoms with Gasteiger partial charge >= 0.3 is 5.97 Å². The molecule has 0 aromatic heterocycles. The number of carbonyl (C=O) groups excluding carboxylic acids is 1. The van der Waals surface area contributed by atoms with Crippen molar-refractivity contribution in [3.8, 4) is 0 Å². The second kappa shape index (κ2) is 7.03. The zero-order chi connectivity index (χ0) is 16.1. The molecule has 0 aliphatic carbocycles. The first-order chi connectivity index (χ1) is 8.83. The number of amides is 1. The number of hydrogen-bond donors (Lipinski definition) is 3. The van der Waals surface area contributed by atoms with Gasteiger partial charge in [0.15, 0.2) is 0 Å². The highest BCUT2D eigenvalue weighted by Gasteiger charge is 2.26. The molecule has 0 rings (SSSR count). The summed E-state index contributed by atoms with van der Waals surface area (Å²) >= 11 is 0. The number of aliphatic carboxylic acids is 1. The van der Waals surface area contributed by atoms with Crippen molar-refractivity contribution in [3.05, 3.63) is 0 Å². The van der Waals surface area contributed by atoms with Crippen LogP contribution in [0.15, 0.2) is 0 Å². The molecule has 0 saturated heterocycles. The van der Waals surface area contributed by atoms with Crippen LogP contribution >= 0.6 is 0 Å². The third-order valence-electron chi connectivity index (χ3n) is 2.93. The van der Waals surface area contributed by atoms with Crippen LogP contribution < -0.4 is 11.1 Å². The van der Waals surface area contributed by atoms with E-state index in [2.05, 4.69) is 5.32 Å². The lowest BCUT2D eigenvalue weighted by Gasteiger charge is -2.27. The van der Waals surface area contributed by atoms with Crippen LogP contribution in [-0.2, 0) is 19.4 Å². The van der Waals surface area contributed by atoms with Crippen molar-refractivity contribution in [2.45, 2.75) is 45.7 Å². The molecule has 8 heteroatoms. The maximum atomic E-state index is 11.7. The molecule has 0 aliphatic heterocycles. The predicted molar refractivity (Wildman–Crippen MR) is 75.9 cm³/mol. The topological polar surface area (TPSA) is 127 Å². The lowest BCUT2D eigenvalue weighted by atomic mass is 9.85. The third kappa shape index (κ3) is 8.11. The van der Waals surface area contributed by atoms with E-state index in [1.54, 1.807) is 0 Å². The molecule has 2 unspecified atom stereocenters. The Balaban J connectivity index is 4.54. The largest absolute Gasteiger partial charge is 0.480 e. The Morgan fingerprint density at radius 2 is 1.80 bits per heavy atom. The van der Waals surface area contributed by atoms with Gasteiger partial charge in [0, 0.05) is 18.7 Å². The predicted octanol–water partition coefficient (Wildman–Crippen LogP) is -0.246. The van der Waals surface area contributed by atoms with E-state index in [9.17, 15) is 18.0 Å². The van der Waals surface area contributed by atoms with E-state index in [1.165, 1.54) is 0 Å². The monoisotopic (exact) mass is 308 g/mol. The maximum absolute atomic E-state index is 11.7. The molecule has 20 heavy (non-hydrogen) atoms. The van der Waals surface area contributed by atoms with Crippen LogP contribution in [0.1, 0.15) is 33.6 Å². The summed E-state index contributed by atoms with van der Waals surface area (Å²) < 4.78 is 22.1. The van der Waals surface area contributed by atoms with Crippen LogP contribution in [0.5, 0.6) is 0 Å². The van der Waals surface area contributed by atoms with Crippen LogP contribution in [0.25, 0.3) is 0 Å². The lowest BCUT2D eigenvalue weighted by Crippen LogP contribution is -2.46. The minimum absolute atomic E-state index is 0.00778. The summed E-state index contributed by atoms with van der Waals surface area (Å²) in [6.07, 6.45) is 0.847. The number of nitrogens with two attached hydrogens (primary N) is 1. The zero-order valence-electron chi connectivity index (χ0n) is 12.3. The van der Waals surface area contributed by atoms with Crippen molar-refractivity contribution in [3.63, 3.8) is 0 Å². The van der Waals surface area contributed by atoms with Crippen LogP contribution in [0, 0.1) is 5.41 Å². The minimum atomic E-state index is -3.27. The standard InChI is InChI=1S/C12H24N2O5S/c1-12(2,3)9(13)7-10(15)14-8(11(16)17)5-6-20(4,18)19/h8-9H,5-7,13H2,1-4H3,(H,14,15)(H,16,17). The molecule has 0 aromatic carbocycles. The van der Waals surface area contributed by atoms with Gasteiger partial charge in [-0.05, 0) is 11.8 Å². The number of carbonyl (C=O) groups is 2. The normalized spacial score (nSPS) is 15.4. The summed E-state index contributed by atoms with van der Waals surface area (Å²) in [7, 11) is -3.27. The molecule has 0 aliphatic rings. The Bertz CT molecular complexity index is 453. The quantitative estimate of drug-likeness (QED) is 0.595. The highest BCUT2D eigenvalue weighted by atomic mass is 32.2. The van der Waals surface area contributed by atoms with Gasteiger partial charge in [-0.15, -0.1) is 0 Å². The molecular formula is C12H24N2O5S. The molecule has 7 nitrogen and oxygen atoms in total. The van der Waals surface area contributed by atoms with Crippen molar-refractivity contribution in [1.29, 1.82) is 0 Å². The highest BCUT2D eigenvalue weighted by molar-refractivity contribution is 7.90. The first kappa shape index (κ1) is 18.9. The van der Waals surface area contributed by atoms with Gasteiger partial charge in [0.05, 0.1) is 5.75 Å². The van der Waals surface area contributed by atoms with Crippen molar-refractivity contribution < 1.29 is 23.1 Å². The second-order valence-electron chi connectivity index (χ2n) is 6.05. The molecule has 0 heterocycles. The van der Waals surface area contributed by atoms with Gasteiger partial charge in [-0.25, -0.2) is 13.2 Å². The van der Waals surface area contributed by atoms with E-state index in [1.807, 2.05) is 20.8 Å². The first-order valence-electron chi connectivity index (χ1n) is 6.28. The van der Waals surface area contributed by atoms with Crippen molar-refractivity contribution >= 4 is 21.7 Å². The minimum Gasteiger partial charge on any atom is -0.480 e. The van der Waals surface area contributed by atoms with Crippen LogP contribution in [0.4, 0.5) is 0 Å². The molecule has 0 saturated carbocycles. The fourth-order valence-corrected chi connectivity index (χ4v) is 2.01. The summed E-state index contributed by atoms with van der Waals surface area (Å²) in [5.74, 6) is -2.05. The van der Waals surface area contributed by atoms with Gasteiger partial charge in [0.25, 0.3) is 0 Å². The van der Waals surface area contributed by atoms with Crippen LogP contribution in [0.2, 0.25) is 0 Å². The van der Waals surface area contributed by atoms with Crippen molar-refractivity contribution in [2.75, 3.05) is 12.0 Å². The summed E-state index contributed by atoms with van der Waals surface area (Å²) in [6.45, 7) is 5.63. The molecule has 4 N–H and O–H groups in total. The molecule has 1 amide bonds. The number of nitrogens with one attached hydrogen (secondary N) is 1. The Kier molecular flexibility index (Phi) is 6.63. The van der Waals surface area contributed by atoms with Gasteiger partial charge in [0.1, 0.15) is 15.9 Å². The average molecular weight is 308 g/mol. The average Bonchev–Trinajstić information content (AvgIpc) is 2.20. The molecular weight excluding hydrogens is 284 g/mol. The van der Waals surface area contributed by atoms with Crippen molar-refractivity contribution in [2.24, 2.45) is 11.1 Å². The zero-order valence-corrected chi connectivity index (χ0v) is 13.2. The summed E-state index contributed by atoms with van der Waals surface area (Å²) in [5.41, 5.74) is 5.57. The van der Waals surface area contributed by atoms with Gasteiger partial charge in [-0.2, -0.15) is 0 Å². The summed E-state index contributed by atoms with van der Waals surface area (Å²) in [6, 6.07) is -1.63. The van der Waals surface area contributed by atoms with E-state index in [0.29, 0.717) is 0 Å². The Hall–Kier alpha value is -1.15. The van der Waals surface area contributed by atoms with Gasteiger partial charge in [-0.1, -0.05) is 20.8 Å². The van der Waals surface area contributed by atoms with Crippen LogP contribution in [-0.4, -0.2) is 49.5 Å². The highest BCUT2D eigenvalue weighted by Crippen LogP contribution is 2.19. The third-order valence-corrected chi connectivity index (χ3v) is 3.91. The molecule has 0 fully saturated rings. The molecule has 0 radical (unpaired) electrons. The number of rotatable bonds is 7. The van der Waals surface area contributed by atoms with E-state index >= 15 is 0 Å². The SMILES string of the molecule is CC(C)(C)C(N)CC(=O)NC(CCS(C)(=O)=O)C(=O)O. The molecule has 0 aromatic rings. The Labute approximate surface area is 119 Å². The second-order valence-corrected chi connectivity index (χ2v) is 8.31. The lowest BCUT2D eigenvalue weighted by molar-refractivity contribution is -0.142. The van der Waals surface area contributed by atoms with E-state index in [4.69, 9.17) is 10.8 Å². The maximum Gasteiger partial charge on any atom is 0.326 e. The number of carboxylic acid groups (broad SMARTS) is 1. The number of hydrogen-bond acceptors (Lipinski definition) is 5.